The molecule has 2 rings (SSSR count). The average molecular weight is 312 g/mol. The molecule has 2 N–H and O–H groups in total. The molecule has 5 nitrogen and oxygen atoms in total. The van der Waals surface area contributed by atoms with E-state index in [2.05, 4.69) is 10.6 Å². The van der Waals surface area contributed by atoms with E-state index in [9.17, 15) is 9.59 Å². The fraction of sp³-hybridized carbons (Fsp3) is 0.222. The highest BCUT2D eigenvalue weighted by molar-refractivity contribution is 5.91. The van der Waals surface area contributed by atoms with Crippen LogP contribution < -0.4 is 15.4 Å². The fourth-order valence-electron chi connectivity index (χ4n) is 1.92. The van der Waals surface area contributed by atoms with Crippen LogP contribution in [0.2, 0.25) is 0 Å². The van der Waals surface area contributed by atoms with E-state index in [0.717, 1.165) is 5.75 Å². The lowest BCUT2D eigenvalue weighted by molar-refractivity contribution is -0.119. The smallest absolute Gasteiger partial charge is 0.226 e. The molecule has 0 aliphatic rings. The third-order valence-electron chi connectivity index (χ3n) is 3.12. The SMILES string of the molecule is CC(=O)NCCC(=O)Nc1ccc(Oc2ccc(C)cc2)cc1. The molecular formula is C18H20N2O3. The van der Waals surface area contributed by atoms with E-state index >= 15 is 0 Å². The topological polar surface area (TPSA) is 67.4 Å². The van der Waals surface area contributed by atoms with Crippen LogP contribution in [0.5, 0.6) is 11.5 Å². The second-order valence-electron chi connectivity index (χ2n) is 5.22. The van der Waals surface area contributed by atoms with Gasteiger partial charge in [-0.1, -0.05) is 17.7 Å². The first-order valence-corrected chi connectivity index (χ1v) is 7.42. The number of hydrogen-bond acceptors (Lipinski definition) is 3. The predicted octanol–water partition coefficient (Wildman–Crippen LogP) is 3.25. The first kappa shape index (κ1) is 16.5. The summed E-state index contributed by atoms with van der Waals surface area (Å²) in [7, 11) is 0. The van der Waals surface area contributed by atoms with E-state index in [1.807, 2.05) is 31.2 Å². The largest absolute Gasteiger partial charge is 0.457 e. The zero-order valence-corrected chi connectivity index (χ0v) is 13.3. The van der Waals surface area contributed by atoms with Crippen LogP contribution in [0.25, 0.3) is 0 Å². The summed E-state index contributed by atoms with van der Waals surface area (Å²) in [6, 6.07) is 14.9. The molecule has 2 aromatic rings. The molecule has 0 heterocycles. The van der Waals surface area contributed by atoms with Gasteiger partial charge in [-0.2, -0.15) is 0 Å². The minimum absolute atomic E-state index is 0.143. The van der Waals surface area contributed by atoms with Crippen molar-refractivity contribution >= 4 is 17.5 Å². The number of amides is 2. The summed E-state index contributed by atoms with van der Waals surface area (Å²) >= 11 is 0. The quantitative estimate of drug-likeness (QED) is 0.860. The molecule has 5 heteroatoms. The molecule has 0 atom stereocenters. The maximum Gasteiger partial charge on any atom is 0.226 e. The Bertz CT molecular complexity index is 664. The van der Waals surface area contributed by atoms with Crippen molar-refractivity contribution in [3.05, 3.63) is 54.1 Å². The van der Waals surface area contributed by atoms with Gasteiger partial charge >= 0.3 is 0 Å². The van der Waals surface area contributed by atoms with Gasteiger partial charge in [-0.05, 0) is 43.3 Å². The van der Waals surface area contributed by atoms with Gasteiger partial charge in [0.25, 0.3) is 0 Å². The maximum atomic E-state index is 11.7. The zero-order valence-electron chi connectivity index (χ0n) is 13.3. The number of anilines is 1. The van der Waals surface area contributed by atoms with Crippen LogP contribution in [0.1, 0.15) is 18.9 Å². The number of aryl methyl sites for hydroxylation is 1. The molecule has 0 unspecified atom stereocenters. The highest BCUT2D eigenvalue weighted by Crippen LogP contribution is 2.23. The molecular weight excluding hydrogens is 292 g/mol. The minimum atomic E-state index is -0.147. The molecule has 0 aliphatic heterocycles. The Morgan fingerprint density at radius 1 is 0.957 bits per heavy atom. The second kappa shape index (κ2) is 7.98. The van der Waals surface area contributed by atoms with Crippen LogP contribution in [-0.4, -0.2) is 18.4 Å². The molecule has 0 aliphatic carbocycles. The number of benzene rings is 2. The Hall–Kier alpha value is -2.82. The standard InChI is InChI=1S/C18H20N2O3/c1-13-3-7-16(8-4-13)23-17-9-5-15(6-10-17)20-18(22)11-12-19-14(2)21/h3-10H,11-12H2,1-2H3,(H,19,21)(H,20,22). The van der Waals surface area contributed by atoms with Gasteiger partial charge < -0.3 is 15.4 Å². The van der Waals surface area contributed by atoms with E-state index in [4.69, 9.17) is 4.74 Å². The third kappa shape index (κ3) is 5.82. The molecule has 0 saturated carbocycles. The van der Waals surface area contributed by atoms with Crippen molar-refractivity contribution in [2.45, 2.75) is 20.3 Å². The van der Waals surface area contributed by atoms with Crippen molar-refractivity contribution < 1.29 is 14.3 Å². The van der Waals surface area contributed by atoms with E-state index in [-0.39, 0.29) is 18.2 Å². The fourth-order valence-corrected chi connectivity index (χ4v) is 1.92. The summed E-state index contributed by atoms with van der Waals surface area (Å²) < 4.78 is 5.72. The van der Waals surface area contributed by atoms with Gasteiger partial charge in [0, 0.05) is 25.6 Å². The third-order valence-corrected chi connectivity index (χ3v) is 3.12. The van der Waals surface area contributed by atoms with Crippen LogP contribution >= 0.6 is 0 Å². The summed E-state index contributed by atoms with van der Waals surface area (Å²) in [5, 5.41) is 5.35. The molecule has 0 saturated heterocycles. The van der Waals surface area contributed by atoms with Crippen LogP contribution in [0.15, 0.2) is 48.5 Å². The van der Waals surface area contributed by atoms with Gasteiger partial charge in [0.15, 0.2) is 0 Å². The Labute approximate surface area is 135 Å². The number of ether oxygens (including phenoxy) is 1. The number of hydrogen-bond donors (Lipinski definition) is 2. The minimum Gasteiger partial charge on any atom is -0.457 e. The average Bonchev–Trinajstić information content (AvgIpc) is 2.51. The van der Waals surface area contributed by atoms with Crippen molar-refractivity contribution in [3.8, 4) is 11.5 Å². The van der Waals surface area contributed by atoms with Crippen molar-refractivity contribution in [2.24, 2.45) is 0 Å². The Morgan fingerprint density at radius 2 is 1.52 bits per heavy atom. The molecule has 0 aromatic heterocycles. The van der Waals surface area contributed by atoms with E-state index in [1.165, 1.54) is 12.5 Å². The second-order valence-corrected chi connectivity index (χ2v) is 5.22. The number of rotatable bonds is 6. The molecule has 2 aromatic carbocycles. The monoisotopic (exact) mass is 312 g/mol. The van der Waals surface area contributed by atoms with Crippen LogP contribution in [0.3, 0.4) is 0 Å². The normalized spacial score (nSPS) is 10.0. The molecule has 2 amide bonds. The van der Waals surface area contributed by atoms with Gasteiger partial charge in [-0.3, -0.25) is 9.59 Å². The maximum absolute atomic E-state index is 11.7. The summed E-state index contributed by atoms with van der Waals surface area (Å²) in [4.78, 5) is 22.4. The molecule has 0 bridgehead atoms. The van der Waals surface area contributed by atoms with Crippen molar-refractivity contribution in [1.29, 1.82) is 0 Å². The summed E-state index contributed by atoms with van der Waals surface area (Å²) in [6.07, 6.45) is 0.237. The highest BCUT2D eigenvalue weighted by Gasteiger charge is 2.03. The lowest BCUT2D eigenvalue weighted by Gasteiger charge is -2.08. The van der Waals surface area contributed by atoms with E-state index in [0.29, 0.717) is 18.0 Å². The Kier molecular flexibility index (Phi) is 5.74. The van der Waals surface area contributed by atoms with Crippen LogP contribution in [0, 0.1) is 6.92 Å². The van der Waals surface area contributed by atoms with Gasteiger partial charge in [-0.25, -0.2) is 0 Å². The number of nitrogens with one attached hydrogen (secondary N) is 2. The molecule has 0 spiro atoms. The van der Waals surface area contributed by atoms with Gasteiger partial charge in [0.2, 0.25) is 11.8 Å². The van der Waals surface area contributed by atoms with E-state index < -0.39 is 0 Å². The van der Waals surface area contributed by atoms with Crippen LogP contribution in [0.4, 0.5) is 5.69 Å². The lowest BCUT2D eigenvalue weighted by atomic mass is 10.2. The molecule has 23 heavy (non-hydrogen) atoms. The highest BCUT2D eigenvalue weighted by atomic mass is 16.5. The van der Waals surface area contributed by atoms with Gasteiger partial charge in [0.1, 0.15) is 11.5 Å². The Morgan fingerprint density at radius 3 is 2.09 bits per heavy atom. The first-order chi connectivity index (χ1) is 11.0. The van der Waals surface area contributed by atoms with Crippen molar-refractivity contribution in [2.75, 3.05) is 11.9 Å². The van der Waals surface area contributed by atoms with Crippen molar-refractivity contribution in [1.82, 2.24) is 5.32 Å². The lowest BCUT2D eigenvalue weighted by Crippen LogP contribution is -2.25. The molecule has 0 radical (unpaired) electrons. The molecule has 120 valence electrons. The number of carbonyl (C=O) groups is 2. The van der Waals surface area contributed by atoms with Gasteiger partial charge in [0.05, 0.1) is 0 Å². The van der Waals surface area contributed by atoms with Gasteiger partial charge in [-0.15, -0.1) is 0 Å². The van der Waals surface area contributed by atoms with E-state index in [1.54, 1.807) is 24.3 Å². The predicted molar refractivity (Wildman–Crippen MR) is 89.6 cm³/mol. The summed E-state index contributed by atoms with van der Waals surface area (Å²) in [6.45, 7) is 3.77. The zero-order chi connectivity index (χ0) is 16.7. The van der Waals surface area contributed by atoms with Crippen molar-refractivity contribution in [3.63, 3.8) is 0 Å². The summed E-state index contributed by atoms with van der Waals surface area (Å²) in [5.41, 5.74) is 1.86. The Balaban J connectivity index is 1.85. The first-order valence-electron chi connectivity index (χ1n) is 7.42. The molecule has 0 fully saturated rings. The summed E-state index contributed by atoms with van der Waals surface area (Å²) in [5.74, 6) is 1.18. The van der Waals surface area contributed by atoms with Crippen LogP contribution in [-0.2, 0) is 9.59 Å². The number of carbonyl (C=O) groups excluding carboxylic acids is 2.